The molecule has 0 aromatic heterocycles. The molecule has 0 saturated carbocycles. The Balaban J connectivity index is 2.22. The minimum absolute atomic E-state index is 0.0632. The molecule has 0 aliphatic heterocycles. The number of benzene rings is 2. The number of nitrogens with zero attached hydrogens (tertiary/aromatic N) is 1. The number of hydrogen-bond donors (Lipinski definition) is 1. The Hall–Kier alpha value is -2.89. The van der Waals surface area contributed by atoms with E-state index in [2.05, 4.69) is 5.32 Å². The van der Waals surface area contributed by atoms with Gasteiger partial charge in [0.2, 0.25) is 0 Å². The molecule has 0 aliphatic rings. The quantitative estimate of drug-likeness (QED) is 0.675. The molecule has 2 rings (SSSR count). The highest BCUT2D eigenvalue weighted by molar-refractivity contribution is 6.06. The van der Waals surface area contributed by atoms with Gasteiger partial charge in [-0.2, -0.15) is 0 Å². The van der Waals surface area contributed by atoms with Crippen LogP contribution in [0.1, 0.15) is 24.2 Å². The molecular formula is C16H16N2O4. The molecule has 2 aromatic carbocycles. The zero-order valence-electron chi connectivity index (χ0n) is 12.3. The van der Waals surface area contributed by atoms with Gasteiger partial charge in [-0.3, -0.25) is 14.9 Å². The van der Waals surface area contributed by atoms with E-state index in [9.17, 15) is 14.9 Å². The average Bonchev–Trinajstić information content (AvgIpc) is 2.47. The van der Waals surface area contributed by atoms with E-state index in [1.807, 2.05) is 13.8 Å². The number of amides is 1. The highest BCUT2D eigenvalue weighted by Gasteiger charge is 2.14. The Morgan fingerprint density at radius 2 is 1.91 bits per heavy atom. The van der Waals surface area contributed by atoms with E-state index in [-0.39, 0.29) is 17.7 Å². The van der Waals surface area contributed by atoms with Gasteiger partial charge in [0.15, 0.2) is 0 Å². The van der Waals surface area contributed by atoms with Crippen molar-refractivity contribution < 1.29 is 14.5 Å². The van der Waals surface area contributed by atoms with Gasteiger partial charge in [0.1, 0.15) is 5.75 Å². The highest BCUT2D eigenvalue weighted by Crippen LogP contribution is 2.22. The van der Waals surface area contributed by atoms with Gasteiger partial charge >= 0.3 is 0 Å². The predicted octanol–water partition coefficient (Wildman–Crippen LogP) is 3.63. The summed E-state index contributed by atoms with van der Waals surface area (Å²) in [7, 11) is 0. The molecule has 0 radical (unpaired) electrons. The summed E-state index contributed by atoms with van der Waals surface area (Å²) in [6, 6.07) is 12.7. The van der Waals surface area contributed by atoms with Crippen LogP contribution in [0.25, 0.3) is 0 Å². The van der Waals surface area contributed by atoms with Crippen molar-refractivity contribution in [2.45, 2.75) is 20.0 Å². The molecule has 6 heteroatoms. The Bertz CT molecular complexity index is 698. The molecule has 0 bridgehead atoms. The predicted molar refractivity (Wildman–Crippen MR) is 83.3 cm³/mol. The van der Waals surface area contributed by atoms with Crippen molar-refractivity contribution >= 4 is 17.3 Å². The van der Waals surface area contributed by atoms with E-state index in [0.29, 0.717) is 17.0 Å². The van der Waals surface area contributed by atoms with Crippen molar-refractivity contribution in [3.8, 4) is 5.75 Å². The molecule has 0 aliphatic carbocycles. The first-order valence-electron chi connectivity index (χ1n) is 6.79. The normalized spacial score (nSPS) is 10.3. The molecule has 6 nitrogen and oxygen atoms in total. The molecule has 2 aromatic rings. The van der Waals surface area contributed by atoms with Crippen molar-refractivity contribution in [3.05, 3.63) is 64.2 Å². The fourth-order valence-electron chi connectivity index (χ4n) is 1.91. The number of carbonyl (C=O) groups is 1. The van der Waals surface area contributed by atoms with Crippen molar-refractivity contribution in [1.29, 1.82) is 0 Å². The van der Waals surface area contributed by atoms with Crippen LogP contribution in [0.5, 0.6) is 5.75 Å². The molecule has 0 unspecified atom stereocenters. The third-order valence-electron chi connectivity index (χ3n) is 2.81. The number of rotatable bonds is 5. The van der Waals surface area contributed by atoms with Gasteiger partial charge in [-0.25, -0.2) is 0 Å². The monoisotopic (exact) mass is 300 g/mol. The Morgan fingerprint density at radius 1 is 1.18 bits per heavy atom. The largest absolute Gasteiger partial charge is 0.490 e. The van der Waals surface area contributed by atoms with Crippen LogP contribution >= 0.6 is 0 Å². The van der Waals surface area contributed by atoms with E-state index >= 15 is 0 Å². The summed E-state index contributed by atoms with van der Waals surface area (Å²) in [6.45, 7) is 3.74. The standard InChI is InChI=1S/C16H16N2O4/c1-11(2)22-15-9-4-3-8-14(15)16(19)17-12-6-5-7-13(10-12)18(20)21/h3-11H,1-2H3,(H,17,19). The van der Waals surface area contributed by atoms with Gasteiger partial charge < -0.3 is 10.1 Å². The summed E-state index contributed by atoms with van der Waals surface area (Å²) in [5.74, 6) is 0.0946. The lowest BCUT2D eigenvalue weighted by molar-refractivity contribution is -0.384. The van der Waals surface area contributed by atoms with E-state index in [4.69, 9.17) is 4.74 Å². The van der Waals surface area contributed by atoms with Gasteiger partial charge in [-0.1, -0.05) is 18.2 Å². The second-order valence-electron chi connectivity index (χ2n) is 4.92. The smallest absolute Gasteiger partial charge is 0.271 e. The first kappa shape index (κ1) is 15.5. The van der Waals surface area contributed by atoms with Crippen LogP contribution in [0.2, 0.25) is 0 Å². The minimum Gasteiger partial charge on any atom is -0.490 e. The fourth-order valence-corrected chi connectivity index (χ4v) is 1.91. The molecule has 0 spiro atoms. The third-order valence-corrected chi connectivity index (χ3v) is 2.81. The first-order valence-corrected chi connectivity index (χ1v) is 6.79. The molecule has 0 fully saturated rings. The number of non-ortho nitro benzene ring substituents is 1. The van der Waals surface area contributed by atoms with Crippen molar-refractivity contribution in [2.75, 3.05) is 5.32 Å². The maximum absolute atomic E-state index is 12.3. The van der Waals surface area contributed by atoms with Crippen LogP contribution in [0.4, 0.5) is 11.4 Å². The summed E-state index contributed by atoms with van der Waals surface area (Å²) in [5.41, 5.74) is 0.658. The maximum Gasteiger partial charge on any atom is 0.271 e. The summed E-state index contributed by atoms with van der Waals surface area (Å²) < 4.78 is 5.60. The lowest BCUT2D eigenvalue weighted by Crippen LogP contribution is -2.15. The average molecular weight is 300 g/mol. The molecule has 1 N–H and O–H groups in total. The topological polar surface area (TPSA) is 81.5 Å². The van der Waals surface area contributed by atoms with E-state index < -0.39 is 4.92 Å². The summed E-state index contributed by atoms with van der Waals surface area (Å²) in [6.07, 6.45) is -0.0632. The van der Waals surface area contributed by atoms with Crippen LogP contribution in [-0.2, 0) is 0 Å². The van der Waals surface area contributed by atoms with Crippen molar-refractivity contribution in [2.24, 2.45) is 0 Å². The molecule has 1 amide bonds. The van der Waals surface area contributed by atoms with Crippen LogP contribution in [-0.4, -0.2) is 16.9 Å². The van der Waals surface area contributed by atoms with E-state index in [1.54, 1.807) is 30.3 Å². The summed E-state index contributed by atoms with van der Waals surface area (Å²) >= 11 is 0. The minimum atomic E-state index is -0.508. The van der Waals surface area contributed by atoms with Gasteiger partial charge in [0, 0.05) is 17.8 Å². The molecule has 0 saturated heterocycles. The first-order chi connectivity index (χ1) is 10.5. The third kappa shape index (κ3) is 3.82. The second-order valence-corrected chi connectivity index (χ2v) is 4.92. The van der Waals surface area contributed by atoms with Gasteiger partial charge in [0.25, 0.3) is 11.6 Å². The molecule has 22 heavy (non-hydrogen) atoms. The van der Waals surface area contributed by atoms with E-state index in [1.165, 1.54) is 18.2 Å². The van der Waals surface area contributed by atoms with Crippen LogP contribution < -0.4 is 10.1 Å². The fraction of sp³-hybridized carbons (Fsp3) is 0.188. The SMILES string of the molecule is CC(C)Oc1ccccc1C(=O)Nc1cccc([N+](=O)[O-])c1. The van der Waals surface area contributed by atoms with Gasteiger partial charge in [-0.15, -0.1) is 0 Å². The van der Waals surface area contributed by atoms with E-state index in [0.717, 1.165) is 0 Å². The molecule has 0 atom stereocenters. The second kappa shape index (κ2) is 6.71. The van der Waals surface area contributed by atoms with Crippen LogP contribution in [0.3, 0.4) is 0 Å². The number of nitrogens with one attached hydrogen (secondary N) is 1. The van der Waals surface area contributed by atoms with Crippen molar-refractivity contribution in [3.63, 3.8) is 0 Å². The lowest BCUT2D eigenvalue weighted by atomic mass is 10.1. The number of carbonyl (C=O) groups excluding carboxylic acids is 1. The summed E-state index contributed by atoms with van der Waals surface area (Å²) in [5, 5.41) is 13.4. The number of nitro groups is 1. The lowest BCUT2D eigenvalue weighted by Gasteiger charge is -2.14. The van der Waals surface area contributed by atoms with Crippen LogP contribution in [0.15, 0.2) is 48.5 Å². The van der Waals surface area contributed by atoms with Crippen LogP contribution in [0, 0.1) is 10.1 Å². The van der Waals surface area contributed by atoms with Crippen molar-refractivity contribution in [1.82, 2.24) is 0 Å². The zero-order chi connectivity index (χ0) is 16.1. The number of nitro benzene ring substituents is 1. The Morgan fingerprint density at radius 3 is 2.59 bits per heavy atom. The number of anilines is 1. The van der Waals surface area contributed by atoms with Gasteiger partial charge in [-0.05, 0) is 32.0 Å². The number of para-hydroxylation sites is 1. The Labute approximate surface area is 127 Å². The summed E-state index contributed by atoms with van der Waals surface area (Å²) in [4.78, 5) is 22.6. The molecule has 114 valence electrons. The molecule has 0 heterocycles. The van der Waals surface area contributed by atoms with Gasteiger partial charge in [0.05, 0.1) is 16.6 Å². The maximum atomic E-state index is 12.3. The highest BCUT2D eigenvalue weighted by atomic mass is 16.6. The number of ether oxygens (including phenoxy) is 1. The zero-order valence-corrected chi connectivity index (χ0v) is 12.3. The number of hydrogen-bond acceptors (Lipinski definition) is 4. The Kier molecular flexibility index (Phi) is 4.73. The molecular weight excluding hydrogens is 284 g/mol.